The first-order chi connectivity index (χ1) is 13.0. The van der Waals surface area contributed by atoms with Gasteiger partial charge in [0, 0.05) is 10.8 Å². The number of nitrogens with one attached hydrogen (secondary N) is 1. The number of nitrogens with zero attached hydrogens (tertiary/aromatic N) is 2. The predicted octanol–water partition coefficient (Wildman–Crippen LogP) is 3.99. The standard InChI is InChI=1S/C17H14FN3O5S2/c1-27(23,24)21-15-7-3-6-13-16(22)9-8-14(17(13)15)20-19-11-4-2-5-12(10-11)28(18,25)26/h2-10,21-22H,1H3/b20-19+. The van der Waals surface area contributed by atoms with Gasteiger partial charge < -0.3 is 5.11 Å². The van der Waals surface area contributed by atoms with Crippen molar-refractivity contribution >= 4 is 48.1 Å². The van der Waals surface area contributed by atoms with Crippen LogP contribution in [0.2, 0.25) is 0 Å². The van der Waals surface area contributed by atoms with Crippen LogP contribution in [-0.2, 0) is 20.2 Å². The Bertz CT molecular complexity index is 1310. The highest BCUT2D eigenvalue weighted by atomic mass is 32.3. The summed E-state index contributed by atoms with van der Waals surface area (Å²) in [6.45, 7) is 0. The minimum absolute atomic E-state index is 0.0773. The second-order valence-electron chi connectivity index (χ2n) is 5.84. The molecule has 0 bridgehead atoms. The molecule has 0 aromatic heterocycles. The molecule has 2 N–H and O–H groups in total. The Morgan fingerprint density at radius 3 is 2.36 bits per heavy atom. The topological polar surface area (TPSA) is 125 Å². The van der Waals surface area contributed by atoms with E-state index < -0.39 is 25.1 Å². The fourth-order valence-corrected chi connectivity index (χ4v) is 3.62. The van der Waals surface area contributed by atoms with Gasteiger partial charge >= 0.3 is 10.2 Å². The van der Waals surface area contributed by atoms with Crippen molar-refractivity contribution in [1.82, 2.24) is 0 Å². The van der Waals surface area contributed by atoms with Crippen LogP contribution >= 0.6 is 0 Å². The number of phenolic OH excluding ortho intramolecular Hbond substituents is 1. The number of anilines is 1. The number of aromatic hydroxyl groups is 1. The number of hydrogen-bond acceptors (Lipinski definition) is 7. The number of fused-ring (bicyclic) bond motifs is 1. The summed E-state index contributed by atoms with van der Waals surface area (Å²) in [5.74, 6) is -0.0865. The van der Waals surface area contributed by atoms with Crippen LogP contribution in [0.5, 0.6) is 5.75 Å². The molecule has 0 atom stereocenters. The first-order valence-corrected chi connectivity index (χ1v) is 11.0. The van der Waals surface area contributed by atoms with Gasteiger partial charge in [-0.1, -0.05) is 18.2 Å². The monoisotopic (exact) mass is 423 g/mol. The lowest BCUT2D eigenvalue weighted by molar-refractivity contribution is 0.481. The molecule has 3 aromatic rings. The average Bonchev–Trinajstić information content (AvgIpc) is 2.60. The number of rotatable bonds is 5. The molecule has 0 radical (unpaired) electrons. The molecule has 8 nitrogen and oxygen atoms in total. The molecule has 0 saturated carbocycles. The normalized spacial score (nSPS) is 12.5. The molecule has 3 rings (SSSR count). The Morgan fingerprint density at radius 1 is 0.964 bits per heavy atom. The molecule has 0 fully saturated rings. The Hall–Kier alpha value is -3.05. The van der Waals surface area contributed by atoms with E-state index in [0.29, 0.717) is 10.8 Å². The number of hydrogen-bond donors (Lipinski definition) is 2. The van der Waals surface area contributed by atoms with Crippen LogP contribution in [0.4, 0.5) is 20.9 Å². The van der Waals surface area contributed by atoms with Gasteiger partial charge in [0.05, 0.1) is 23.3 Å². The predicted molar refractivity (Wildman–Crippen MR) is 103 cm³/mol. The van der Waals surface area contributed by atoms with Crippen LogP contribution in [0, 0.1) is 0 Å². The van der Waals surface area contributed by atoms with Crippen LogP contribution in [-0.4, -0.2) is 28.2 Å². The van der Waals surface area contributed by atoms with Gasteiger partial charge in [-0.15, -0.1) is 9.00 Å². The summed E-state index contributed by atoms with van der Waals surface area (Å²) < 4.78 is 60.8. The zero-order chi connectivity index (χ0) is 20.5. The zero-order valence-electron chi connectivity index (χ0n) is 14.4. The van der Waals surface area contributed by atoms with E-state index in [1.807, 2.05) is 0 Å². The van der Waals surface area contributed by atoms with Crippen molar-refractivity contribution < 1.29 is 25.8 Å². The second-order valence-corrected chi connectivity index (χ2v) is 8.94. The Kier molecular flexibility index (Phi) is 5.04. The van der Waals surface area contributed by atoms with Crippen LogP contribution in [0.15, 0.2) is 69.7 Å². The van der Waals surface area contributed by atoms with Crippen molar-refractivity contribution in [3.8, 4) is 5.75 Å². The lowest BCUT2D eigenvalue weighted by atomic mass is 10.1. The molecule has 28 heavy (non-hydrogen) atoms. The molecular weight excluding hydrogens is 409 g/mol. The quantitative estimate of drug-likeness (QED) is 0.474. The molecule has 0 aliphatic carbocycles. The maximum absolute atomic E-state index is 13.1. The molecule has 0 aliphatic heterocycles. The molecular formula is C17H14FN3O5S2. The summed E-state index contributed by atoms with van der Waals surface area (Å²) in [7, 11) is -8.49. The molecule has 146 valence electrons. The van der Waals surface area contributed by atoms with E-state index in [0.717, 1.165) is 18.4 Å². The molecule has 0 unspecified atom stereocenters. The van der Waals surface area contributed by atoms with Gasteiger partial charge in [0.1, 0.15) is 10.6 Å². The molecule has 0 spiro atoms. The minimum atomic E-state index is -4.89. The molecule has 0 aliphatic rings. The summed E-state index contributed by atoms with van der Waals surface area (Å²) >= 11 is 0. The highest BCUT2D eigenvalue weighted by Gasteiger charge is 2.14. The largest absolute Gasteiger partial charge is 0.507 e. The van der Waals surface area contributed by atoms with Gasteiger partial charge in [0.2, 0.25) is 10.0 Å². The fraction of sp³-hybridized carbons (Fsp3) is 0.0588. The van der Waals surface area contributed by atoms with Crippen molar-refractivity contribution in [2.45, 2.75) is 4.90 Å². The van der Waals surface area contributed by atoms with Crippen LogP contribution < -0.4 is 4.72 Å². The number of phenols is 1. The van der Waals surface area contributed by atoms with Gasteiger partial charge in [0.15, 0.2) is 0 Å². The van der Waals surface area contributed by atoms with Gasteiger partial charge in [-0.2, -0.15) is 13.5 Å². The van der Waals surface area contributed by atoms with E-state index in [1.54, 1.807) is 12.1 Å². The third kappa shape index (κ3) is 4.43. The maximum Gasteiger partial charge on any atom is 0.332 e. The van der Waals surface area contributed by atoms with Crippen LogP contribution in [0.1, 0.15) is 0 Å². The highest BCUT2D eigenvalue weighted by molar-refractivity contribution is 7.92. The number of benzene rings is 3. The Balaban J connectivity index is 2.14. The molecule has 0 saturated heterocycles. The number of azo groups is 1. The van der Waals surface area contributed by atoms with Gasteiger partial charge in [-0.3, -0.25) is 4.72 Å². The van der Waals surface area contributed by atoms with E-state index in [9.17, 15) is 25.8 Å². The molecule has 0 heterocycles. The van der Waals surface area contributed by atoms with Crippen molar-refractivity contribution in [3.63, 3.8) is 0 Å². The number of halogens is 1. The molecule has 11 heteroatoms. The van der Waals surface area contributed by atoms with E-state index in [-0.39, 0.29) is 22.8 Å². The van der Waals surface area contributed by atoms with Crippen molar-refractivity contribution in [1.29, 1.82) is 0 Å². The summed E-state index contributed by atoms with van der Waals surface area (Å²) in [5.41, 5.74) is 0.478. The van der Waals surface area contributed by atoms with Crippen LogP contribution in [0.3, 0.4) is 0 Å². The van der Waals surface area contributed by atoms with Crippen LogP contribution in [0.25, 0.3) is 10.8 Å². The first kappa shape index (κ1) is 19.7. The summed E-state index contributed by atoms with van der Waals surface area (Å²) in [6, 6.07) is 12.3. The Labute approximate surface area is 160 Å². The van der Waals surface area contributed by atoms with Crippen molar-refractivity contribution in [3.05, 3.63) is 54.6 Å². The highest BCUT2D eigenvalue weighted by Crippen LogP contribution is 2.38. The average molecular weight is 423 g/mol. The van der Waals surface area contributed by atoms with E-state index in [2.05, 4.69) is 15.0 Å². The van der Waals surface area contributed by atoms with Gasteiger partial charge in [-0.05, 0) is 36.4 Å². The van der Waals surface area contributed by atoms with E-state index >= 15 is 0 Å². The second kappa shape index (κ2) is 7.17. The summed E-state index contributed by atoms with van der Waals surface area (Å²) in [6.07, 6.45) is 0.985. The molecule has 0 amide bonds. The Morgan fingerprint density at radius 2 is 1.68 bits per heavy atom. The minimum Gasteiger partial charge on any atom is -0.507 e. The molecule has 3 aromatic carbocycles. The SMILES string of the molecule is CS(=O)(=O)Nc1cccc2c(O)ccc(/N=N/c3cccc(S(=O)(=O)F)c3)c12. The lowest BCUT2D eigenvalue weighted by Gasteiger charge is -2.11. The third-order valence-corrected chi connectivity index (χ3v) is 5.07. The summed E-state index contributed by atoms with van der Waals surface area (Å²) in [4.78, 5) is -0.557. The maximum atomic E-state index is 13.1. The van der Waals surface area contributed by atoms with E-state index in [4.69, 9.17) is 0 Å². The lowest BCUT2D eigenvalue weighted by Crippen LogP contribution is -2.09. The fourth-order valence-electron chi connectivity index (χ4n) is 2.55. The van der Waals surface area contributed by atoms with Gasteiger partial charge in [0.25, 0.3) is 0 Å². The zero-order valence-corrected chi connectivity index (χ0v) is 16.0. The van der Waals surface area contributed by atoms with E-state index in [1.165, 1.54) is 30.3 Å². The van der Waals surface area contributed by atoms with Crippen molar-refractivity contribution in [2.24, 2.45) is 10.2 Å². The van der Waals surface area contributed by atoms with Crippen molar-refractivity contribution in [2.75, 3.05) is 11.0 Å². The van der Waals surface area contributed by atoms with Gasteiger partial charge in [-0.25, -0.2) is 8.42 Å². The first-order valence-electron chi connectivity index (χ1n) is 7.73. The summed E-state index contributed by atoms with van der Waals surface area (Å²) in [5, 5.41) is 18.6. The smallest absolute Gasteiger partial charge is 0.332 e. The number of sulfonamides is 1. The third-order valence-electron chi connectivity index (χ3n) is 3.66.